The fraction of sp³-hybridized carbons (Fsp3) is 0.333. The molecular formula is C18H20ClN7O2S. The Bertz CT molecular complexity index is 1060. The topological polar surface area (TPSA) is 110 Å². The number of halogens is 1. The van der Waals surface area contributed by atoms with Gasteiger partial charge in [0, 0.05) is 12.6 Å². The highest BCUT2D eigenvalue weighted by Gasteiger charge is 2.29. The van der Waals surface area contributed by atoms with Crippen LogP contribution in [0.1, 0.15) is 12.5 Å². The van der Waals surface area contributed by atoms with Gasteiger partial charge < -0.3 is 15.5 Å². The summed E-state index contributed by atoms with van der Waals surface area (Å²) in [6, 6.07) is 5.43. The van der Waals surface area contributed by atoms with Gasteiger partial charge in [0.15, 0.2) is 10.6 Å². The average molecular weight is 434 g/mol. The van der Waals surface area contributed by atoms with Crippen molar-refractivity contribution in [2.45, 2.75) is 19.9 Å². The molecule has 1 aliphatic rings. The molecule has 29 heavy (non-hydrogen) atoms. The number of carbonyl (C=O) groups excluding carboxylic acids is 1. The zero-order valence-electron chi connectivity index (χ0n) is 15.9. The molecule has 1 atom stereocenters. The van der Waals surface area contributed by atoms with Crippen molar-refractivity contribution < 1.29 is 9.63 Å². The van der Waals surface area contributed by atoms with Gasteiger partial charge >= 0.3 is 6.09 Å². The van der Waals surface area contributed by atoms with Gasteiger partial charge in [-0.3, -0.25) is 5.32 Å². The van der Waals surface area contributed by atoms with Crippen LogP contribution >= 0.6 is 22.9 Å². The Morgan fingerprint density at radius 1 is 1.38 bits per heavy atom. The standard InChI is InChI=1S/C18H20ClN7O2S/c1-10-3-4-13(12(19)7-10)22-18(27)28-25-5-6-26(11(2)8-25)15-14-16(29-9-21-14)24-17(20)23-15/h3-4,7,9,11H,5-6,8H2,1-2H3,(H,22,27)(H2,20,23,24)/t11-/m0/s1. The van der Waals surface area contributed by atoms with E-state index in [0.717, 1.165) is 15.9 Å². The van der Waals surface area contributed by atoms with E-state index in [0.29, 0.717) is 36.2 Å². The number of hydrogen-bond acceptors (Lipinski definition) is 9. The van der Waals surface area contributed by atoms with Gasteiger partial charge in [-0.1, -0.05) is 17.7 Å². The van der Waals surface area contributed by atoms with Crippen molar-refractivity contribution in [3.8, 4) is 0 Å². The molecule has 152 valence electrons. The number of amides is 1. The average Bonchev–Trinajstić information content (AvgIpc) is 3.12. The van der Waals surface area contributed by atoms with Gasteiger partial charge in [0.2, 0.25) is 5.95 Å². The number of aromatic nitrogens is 3. The fourth-order valence-corrected chi connectivity index (χ4v) is 4.20. The highest BCUT2D eigenvalue weighted by molar-refractivity contribution is 7.16. The molecule has 3 heterocycles. The van der Waals surface area contributed by atoms with E-state index in [2.05, 4.69) is 25.2 Å². The lowest BCUT2D eigenvalue weighted by molar-refractivity contribution is -0.103. The quantitative estimate of drug-likeness (QED) is 0.647. The van der Waals surface area contributed by atoms with E-state index in [1.807, 2.05) is 19.9 Å². The number of benzene rings is 1. The third-order valence-electron chi connectivity index (χ3n) is 4.63. The van der Waals surface area contributed by atoms with E-state index in [-0.39, 0.29) is 12.0 Å². The van der Waals surface area contributed by atoms with Crippen molar-refractivity contribution in [3.63, 3.8) is 0 Å². The molecule has 3 aromatic rings. The molecule has 9 nitrogen and oxygen atoms in total. The van der Waals surface area contributed by atoms with Gasteiger partial charge in [-0.25, -0.2) is 14.8 Å². The molecule has 0 spiro atoms. The van der Waals surface area contributed by atoms with Crippen LogP contribution < -0.4 is 16.0 Å². The highest BCUT2D eigenvalue weighted by Crippen LogP contribution is 2.29. The maximum atomic E-state index is 12.3. The van der Waals surface area contributed by atoms with Crippen LogP contribution in [0.25, 0.3) is 10.3 Å². The normalized spacial score (nSPS) is 17.5. The first-order valence-corrected chi connectivity index (χ1v) is 10.3. The van der Waals surface area contributed by atoms with E-state index >= 15 is 0 Å². The van der Waals surface area contributed by atoms with E-state index in [9.17, 15) is 4.79 Å². The van der Waals surface area contributed by atoms with Crippen LogP contribution in [0.5, 0.6) is 0 Å². The minimum Gasteiger partial charge on any atom is -0.368 e. The number of rotatable bonds is 3. The maximum absolute atomic E-state index is 12.3. The molecule has 3 N–H and O–H groups in total. The van der Waals surface area contributed by atoms with Crippen molar-refractivity contribution >= 4 is 56.8 Å². The number of carbonyl (C=O) groups is 1. The SMILES string of the molecule is Cc1ccc(NC(=O)ON2CCN(c3nc(N)nc4scnc34)[C@@H](C)C2)c(Cl)c1. The number of fused-ring (bicyclic) bond motifs is 1. The number of anilines is 3. The number of nitrogen functional groups attached to an aromatic ring is 1. The number of nitrogens with two attached hydrogens (primary N) is 1. The Morgan fingerprint density at radius 2 is 2.21 bits per heavy atom. The molecule has 0 unspecified atom stereocenters. The maximum Gasteiger partial charge on any atom is 0.430 e. The summed E-state index contributed by atoms with van der Waals surface area (Å²) in [7, 11) is 0. The molecule has 4 rings (SSSR count). The first-order chi connectivity index (χ1) is 13.9. The summed E-state index contributed by atoms with van der Waals surface area (Å²) in [5.41, 5.74) is 9.84. The third kappa shape index (κ3) is 4.19. The molecule has 2 aromatic heterocycles. The highest BCUT2D eigenvalue weighted by atomic mass is 35.5. The van der Waals surface area contributed by atoms with Crippen LogP contribution in [-0.4, -0.2) is 51.8 Å². The van der Waals surface area contributed by atoms with Crippen molar-refractivity contribution in [1.82, 2.24) is 20.0 Å². The lowest BCUT2D eigenvalue weighted by Crippen LogP contribution is -2.53. The van der Waals surface area contributed by atoms with Crippen molar-refractivity contribution in [2.24, 2.45) is 0 Å². The van der Waals surface area contributed by atoms with Crippen LogP contribution in [0.4, 0.5) is 22.2 Å². The van der Waals surface area contributed by atoms with Gasteiger partial charge in [0.25, 0.3) is 0 Å². The lowest BCUT2D eigenvalue weighted by atomic mass is 10.2. The minimum atomic E-state index is -0.579. The van der Waals surface area contributed by atoms with E-state index in [4.69, 9.17) is 22.2 Å². The number of nitrogens with zero attached hydrogens (tertiary/aromatic N) is 5. The Morgan fingerprint density at radius 3 is 2.97 bits per heavy atom. The number of thiazole rings is 1. The molecule has 1 aliphatic heterocycles. The Hall–Kier alpha value is -2.69. The number of aryl methyl sites for hydroxylation is 1. The molecule has 1 aromatic carbocycles. The Kier molecular flexibility index (Phi) is 5.39. The summed E-state index contributed by atoms with van der Waals surface area (Å²) < 4.78 is 0. The van der Waals surface area contributed by atoms with Crippen LogP contribution in [0.15, 0.2) is 23.7 Å². The first-order valence-electron chi connectivity index (χ1n) is 9.04. The molecule has 1 amide bonds. The monoisotopic (exact) mass is 433 g/mol. The first kappa shape index (κ1) is 19.6. The summed E-state index contributed by atoms with van der Waals surface area (Å²) in [4.78, 5) is 33.6. The smallest absolute Gasteiger partial charge is 0.368 e. The second-order valence-corrected chi connectivity index (χ2v) is 8.07. The van der Waals surface area contributed by atoms with Crippen molar-refractivity contribution in [2.75, 3.05) is 35.6 Å². The number of piperazine rings is 1. The molecule has 0 bridgehead atoms. The lowest BCUT2D eigenvalue weighted by Gasteiger charge is -2.39. The second kappa shape index (κ2) is 7.97. The van der Waals surface area contributed by atoms with Crippen LogP contribution in [0.2, 0.25) is 5.02 Å². The van der Waals surface area contributed by atoms with Crippen molar-refractivity contribution in [1.29, 1.82) is 0 Å². The zero-order chi connectivity index (χ0) is 20.5. The minimum absolute atomic E-state index is 0.0266. The van der Waals surface area contributed by atoms with E-state index in [1.165, 1.54) is 11.3 Å². The molecule has 1 fully saturated rings. The fourth-order valence-electron chi connectivity index (χ4n) is 3.26. The number of nitrogens with one attached hydrogen (secondary N) is 1. The molecular weight excluding hydrogens is 414 g/mol. The number of hydrogen-bond donors (Lipinski definition) is 2. The molecule has 0 saturated carbocycles. The molecule has 11 heteroatoms. The predicted octanol–water partition coefficient (Wildman–Crippen LogP) is 3.30. The summed E-state index contributed by atoms with van der Waals surface area (Å²) >= 11 is 7.58. The molecule has 0 radical (unpaired) electrons. The van der Waals surface area contributed by atoms with Gasteiger partial charge in [0.05, 0.1) is 29.3 Å². The summed E-state index contributed by atoms with van der Waals surface area (Å²) in [6.45, 7) is 5.57. The Labute approximate surface area is 176 Å². The van der Waals surface area contributed by atoms with Gasteiger partial charge in [0.1, 0.15) is 5.52 Å². The molecule has 1 saturated heterocycles. The third-order valence-corrected chi connectivity index (χ3v) is 5.66. The van der Waals surface area contributed by atoms with E-state index < -0.39 is 6.09 Å². The number of hydroxylamine groups is 2. The van der Waals surface area contributed by atoms with Crippen LogP contribution in [0, 0.1) is 6.92 Å². The van der Waals surface area contributed by atoms with Crippen molar-refractivity contribution in [3.05, 3.63) is 34.3 Å². The van der Waals surface area contributed by atoms with Gasteiger partial charge in [-0.2, -0.15) is 4.98 Å². The summed E-state index contributed by atoms with van der Waals surface area (Å²) in [6.07, 6.45) is -0.579. The van der Waals surface area contributed by atoms with E-state index in [1.54, 1.807) is 22.7 Å². The summed E-state index contributed by atoms with van der Waals surface area (Å²) in [5, 5.41) is 4.77. The van der Waals surface area contributed by atoms with Crippen LogP contribution in [0.3, 0.4) is 0 Å². The largest absolute Gasteiger partial charge is 0.430 e. The van der Waals surface area contributed by atoms with Gasteiger partial charge in [-0.15, -0.1) is 16.4 Å². The van der Waals surface area contributed by atoms with Crippen LogP contribution in [-0.2, 0) is 4.84 Å². The zero-order valence-corrected chi connectivity index (χ0v) is 17.5. The van der Waals surface area contributed by atoms with Gasteiger partial charge in [-0.05, 0) is 31.5 Å². The second-order valence-electron chi connectivity index (χ2n) is 6.83. The summed E-state index contributed by atoms with van der Waals surface area (Å²) in [5.74, 6) is 0.925. The Balaban J connectivity index is 1.41. The predicted molar refractivity (Wildman–Crippen MR) is 114 cm³/mol. The molecule has 0 aliphatic carbocycles.